The van der Waals surface area contributed by atoms with Gasteiger partial charge in [0.1, 0.15) is 19.0 Å². The lowest BCUT2D eigenvalue weighted by Gasteiger charge is -2.33. The molecular formula is C23H22N2O6. The van der Waals surface area contributed by atoms with E-state index in [1.807, 2.05) is 60.7 Å². The third-order valence-corrected chi connectivity index (χ3v) is 4.98. The van der Waals surface area contributed by atoms with Crippen LogP contribution in [-0.2, 0) is 37.0 Å². The minimum atomic E-state index is -0.947. The van der Waals surface area contributed by atoms with Gasteiger partial charge in [-0.15, -0.1) is 0 Å². The van der Waals surface area contributed by atoms with Crippen LogP contribution < -0.4 is 5.32 Å². The van der Waals surface area contributed by atoms with Crippen molar-refractivity contribution in [3.63, 3.8) is 0 Å². The summed E-state index contributed by atoms with van der Waals surface area (Å²) in [5.74, 6) is -0.458. The standard InChI is InChI=1S/C23H22N2O6/c26-19-13-20-25(19)21(22(27)29-14-16-7-3-1-4-8-16)18(31-20)11-12-24-23(28)30-15-17-9-5-2-6-10-17/h1-11,20-21H,12-15H2,(H,24,28)/t20-,21-/m0/s1. The van der Waals surface area contributed by atoms with Crippen LogP contribution in [0.2, 0.25) is 0 Å². The quantitative estimate of drug-likeness (QED) is 0.544. The molecule has 2 amide bonds. The van der Waals surface area contributed by atoms with E-state index in [1.165, 1.54) is 4.90 Å². The molecule has 2 aromatic carbocycles. The first kappa shape index (κ1) is 20.5. The SMILES string of the molecule is O=C(NCC=C1O[C@H]2CC(=O)N2[C@@H]1C(=O)OCc1ccccc1)OCc1ccccc1. The van der Waals surface area contributed by atoms with Crippen LogP contribution in [-0.4, -0.2) is 41.7 Å². The first-order chi connectivity index (χ1) is 15.1. The zero-order chi connectivity index (χ0) is 21.6. The molecule has 2 heterocycles. The number of rotatable bonds is 7. The fourth-order valence-electron chi connectivity index (χ4n) is 3.37. The van der Waals surface area contributed by atoms with Gasteiger partial charge in [0.15, 0.2) is 12.3 Å². The Kier molecular flexibility index (Phi) is 6.16. The third kappa shape index (κ3) is 4.85. The van der Waals surface area contributed by atoms with Gasteiger partial charge in [0.2, 0.25) is 5.91 Å². The summed E-state index contributed by atoms with van der Waals surface area (Å²) in [6.45, 7) is 0.332. The number of nitrogens with one attached hydrogen (secondary N) is 1. The van der Waals surface area contributed by atoms with Gasteiger partial charge in [0.05, 0.1) is 6.42 Å². The lowest BCUT2D eigenvalue weighted by atomic mass is 10.1. The number of fused-ring (bicyclic) bond motifs is 1. The maximum absolute atomic E-state index is 12.7. The molecule has 2 fully saturated rings. The molecule has 31 heavy (non-hydrogen) atoms. The van der Waals surface area contributed by atoms with Gasteiger partial charge in [0, 0.05) is 6.54 Å². The highest BCUT2D eigenvalue weighted by molar-refractivity contribution is 5.91. The van der Waals surface area contributed by atoms with Gasteiger partial charge < -0.3 is 19.5 Å². The van der Waals surface area contributed by atoms with Crippen LogP contribution in [0.1, 0.15) is 17.5 Å². The Morgan fingerprint density at radius 1 is 1.00 bits per heavy atom. The van der Waals surface area contributed by atoms with Crippen LogP contribution in [0.4, 0.5) is 4.79 Å². The monoisotopic (exact) mass is 422 g/mol. The van der Waals surface area contributed by atoms with Crippen molar-refractivity contribution in [1.82, 2.24) is 10.2 Å². The smallest absolute Gasteiger partial charge is 0.407 e. The van der Waals surface area contributed by atoms with E-state index in [0.29, 0.717) is 0 Å². The van der Waals surface area contributed by atoms with Gasteiger partial charge in [-0.25, -0.2) is 9.59 Å². The van der Waals surface area contributed by atoms with Gasteiger partial charge in [-0.1, -0.05) is 60.7 Å². The van der Waals surface area contributed by atoms with Crippen molar-refractivity contribution in [3.8, 4) is 0 Å². The molecule has 2 aliphatic rings. The lowest BCUT2D eigenvalue weighted by molar-refractivity contribution is -0.166. The molecule has 0 spiro atoms. The molecule has 4 rings (SSSR count). The van der Waals surface area contributed by atoms with Crippen LogP contribution in [0.25, 0.3) is 0 Å². The Balaban J connectivity index is 1.32. The molecule has 0 aromatic heterocycles. The van der Waals surface area contributed by atoms with E-state index in [2.05, 4.69) is 5.32 Å². The van der Waals surface area contributed by atoms with Crippen molar-refractivity contribution in [2.75, 3.05) is 6.54 Å². The number of benzene rings is 2. The number of hydrogen-bond donors (Lipinski definition) is 1. The number of alkyl carbamates (subject to hydrolysis) is 1. The normalized spacial score (nSPS) is 20.5. The summed E-state index contributed by atoms with van der Waals surface area (Å²) in [5, 5.41) is 2.59. The van der Waals surface area contributed by atoms with Crippen molar-refractivity contribution in [3.05, 3.63) is 83.6 Å². The average Bonchev–Trinajstić information content (AvgIpc) is 3.09. The van der Waals surface area contributed by atoms with E-state index >= 15 is 0 Å². The molecule has 2 aliphatic heterocycles. The van der Waals surface area contributed by atoms with E-state index in [-0.39, 0.29) is 37.8 Å². The summed E-state index contributed by atoms with van der Waals surface area (Å²) >= 11 is 0. The third-order valence-electron chi connectivity index (χ3n) is 4.98. The number of ether oxygens (including phenoxy) is 3. The number of esters is 1. The van der Waals surface area contributed by atoms with Crippen molar-refractivity contribution < 1.29 is 28.6 Å². The van der Waals surface area contributed by atoms with Crippen LogP contribution in [0.5, 0.6) is 0 Å². The molecule has 2 aromatic rings. The summed E-state index contributed by atoms with van der Waals surface area (Å²) in [6.07, 6.45) is 0.704. The van der Waals surface area contributed by atoms with Crippen LogP contribution in [0.3, 0.4) is 0 Å². The number of hydrogen-bond acceptors (Lipinski definition) is 6. The summed E-state index contributed by atoms with van der Waals surface area (Å²) in [7, 11) is 0. The van der Waals surface area contributed by atoms with Crippen molar-refractivity contribution in [2.45, 2.75) is 31.9 Å². The van der Waals surface area contributed by atoms with Crippen LogP contribution in [0, 0.1) is 0 Å². The topological polar surface area (TPSA) is 94.2 Å². The summed E-state index contributed by atoms with van der Waals surface area (Å²) in [5.41, 5.74) is 1.72. The molecule has 0 bridgehead atoms. The van der Waals surface area contributed by atoms with Gasteiger partial charge in [-0.3, -0.25) is 9.69 Å². The van der Waals surface area contributed by atoms with Crippen LogP contribution in [0.15, 0.2) is 72.5 Å². The summed E-state index contributed by atoms with van der Waals surface area (Å²) < 4.78 is 16.2. The minimum absolute atomic E-state index is 0.0835. The largest absolute Gasteiger partial charge is 0.472 e. The molecule has 1 N–H and O–H groups in total. The van der Waals surface area contributed by atoms with E-state index in [4.69, 9.17) is 14.2 Å². The van der Waals surface area contributed by atoms with Crippen molar-refractivity contribution >= 4 is 18.0 Å². The molecule has 0 aliphatic carbocycles. The second kappa shape index (κ2) is 9.34. The second-order valence-electron chi connectivity index (χ2n) is 7.12. The fraction of sp³-hybridized carbons (Fsp3) is 0.261. The Morgan fingerprint density at radius 3 is 2.23 bits per heavy atom. The number of β-lactam (4-membered cyclic amide) rings is 1. The predicted octanol–water partition coefficient (Wildman–Crippen LogP) is 2.50. The van der Waals surface area contributed by atoms with Gasteiger partial charge in [-0.2, -0.15) is 0 Å². The van der Waals surface area contributed by atoms with E-state index < -0.39 is 24.3 Å². The zero-order valence-corrected chi connectivity index (χ0v) is 16.7. The average molecular weight is 422 g/mol. The second-order valence-corrected chi connectivity index (χ2v) is 7.12. The Bertz CT molecular complexity index is 976. The molecule has 8 heteroatoms. The minimum Gasteiger partial charge on any atom is -0.472 e. The van der Waals surface area contributed by atoms with E-state index in [1.54, 1.807) is 6.08 Å². The number of carbonyl (C=O) groups is 3. The Morgan fingerprint density at radius 2 is 1.61 bits per heavy atom. The lowest BCUT2D eigenvalue weighted by Crippen LogP contribution is -2.55. The number of nitrogens with zero attached hydrogens (tertiary/aromatic N) is 1. The van der Waals surface area contributed by atoms with Gasteiger partial charge in [0.25, 0.3) is 0 Å². The van der Waals surface area contributed by atoms with Crippen LogP contribution >= 0.6 is 0 Å². The maximum atomic E-state index is 12.7. The van der Waals surface area contributed by atoms with E-state index in [9.17, 15) is 14.4 Å². The highest BCUT2D eigenvalue weighted by Crippen LogP contribution is 2.36. The molecule has 160 valence electrons. The van der Waals surface area contributed by atoms with Crippen molar-refractivity contribution in [2.24, 2.45) is 0 Å². The summed E-state index contributed by atoms with van der Waals surface area (Å²) in [4.78, 5) is 37.9. The number of carbonyl (C=O) groups excluding carboxylic acids is 3. The molecule has 0 unspecified atom stereocenters. The molecule has 8 nitrogen and oxygen atoms in total. The van der Waals surface area contributed by atoms with E-state index in [0.717, 1.165) is 11.1 Å². The molecule has 0 saturated carbocycles. The van der Waals surface area contributed by atoms with Gasteiger partial charge >= 0.3 is 12.1 Å². The van der Waals surface area contributed by atoms with Gasteiger partial charge in [-0.05, 0) is 17.2 Å². The predicted molar refractivity (Wildman–Crippen MR) is 109 cm³/mol. The Labute approximate surface area is 179 Å². The highest BCUT2D eigenvalue weighted by atomic mass is 16.6. The zero-order valence-electron chi connectivity index (χ0n) is 16.7. The molecular weight excluding hydrogens is 400 g/mol. The summed E-state index contributed by atoms with van der Waals surface area (Å²) in [6, 6.07) is 17.6. The fourth-order valence-corrected chi connectivity index (χ4v) is 3.37. The first-order valence-electron chi connectivity index (χ1n) is 9.95. The van der Waals surface area contributed by atoms with Crippen molar-refractivity contribution in [1.29, 1.82) is 0 Å². The highest BCUT2D eigenvalue weighted by Gasteiger charge is 2.54. The molecule has 0 radical (unpaired) electrons. The Hall–Kier alpha value is -3.81. The molecule has 2 atom stereocenters. The number of amides is 2. The first-order valence-corrected chi connectivity index (χ1v) is 9.95. The maximum Gasteiger partial charge on any atom is 0.407 e. The molecule has 2 saturated heterocycles.